The Morgan fingerprint density at radius 2 is 1.56 bits per heavy atom. The molecule has 2 heterocycles. The normalized spacial score (nSPS) is 16.0. The van der Waals surface area contributed by atoms with Gasteiger partial charge in [0.05, 0.1) is 11.7 Å². The number of benzene rings is 3. The largest absolute Gasteiger partial charge is 0.297 e. The molecule has 1 unspecified atom stereocenters. The molecule has 3 aromatic carbocycles. The highest BCUT2D eigenvalue weighted by atomic mass is 79.9. The van der Waals surface area contributed by atoms with Crippen molar-refractivity contribution in [1.82, 2.24) is 30.0 Å². The third-order valence-electron chi connectivity index (χ3n) is 6.82. The van der Waals surface area contributed by atoms with Crippen molar-refractivity contribution in [3.63, 3.8) is 0 Å². The molecule has 1 aliphatic rings. The van der Waals surface area contributed by atoms with E-state index in [0.717, 1.165) is 59.8 Å². The Labute approximate surface area is 221 Å². The van der Waals surface area contributed by atoms with Gasteiger partial charge < -0.3 is 0 Å². The fourth-order valence-corrected chi connectivity index (χ4v) is 5.20. The number of aromatic nitrogens is 4. The summed E-state index contributed by atoms with van der Waals surface area (Å²) < 4.78 is 3.00. The van der Waals surface area contributed by atoms with E-state index in [2.05, 4.69) is 140 Å². The van der Waals surface area contributed by atoms with E-state index in [1.165, 1.54) is 11.1 Å². The average molecular weight is 544 g/mol. The van der Waals surface area contributed by atoms with Crippen molar-refractivity contribution in [3.8, 4) is 5.69 Å². The summed E-state index contributed by atoms with van der Waals surface area (Å²) in [5.74, 6) is 0.854. The molecule has 0 radical (unpaired) electrons. The van der Waals surface area contributed by atoms with E-state index in [4.69, 9.17) is 0 Å². The highest BCUT2D eigenvalue weighted by Gasteiger charge is 2.31. The van der Waals surface area contributed by atoms with Gasteiger partial charge in [-0.3, -0.25) is 9.80 Å². The minimum atomic E-state index is -0.0332. The van der Waals surface area contributed by atoms with Gasteiger partial charge in [-0.2, -0.15) is 4.68 Å². The van der Waals surface area contributed by atoms with E-state index < -0.39 is 0 Å². The number of halogens is 1. The SMILES string of the molecule is Cc1cccc(C)c1-n1nnnc1C(c1ccc(Br)cc1)N1CCN(C/C=C/c2ccccc2)CC1. The molecule has 184 valence electrons. The molecular weight excluding hydrogens is 512 g/mol. The number of tetrazole rings is 1. The first-order chi connectivity index (χ1) is 17.6. The number of hydrogen-bond acceptors (Lipinski definition) is 5. The molecule has 0 spiro atoms. The van der Waals surface area contributed by atoms with Gasteiger partial charge in [0.25, 0.3) is 0 Å². The van der Waals surface area contributed by atoms with Crippen LogP contribution in [0, 0.1) is 13.8 Å². The van der Waals surface area contributed by atoms with Gasteiger partial charge in [-0.1, -0.05) is 88.7 Å². The van der Waals surface area contributed by atoms with Crippen molar-refractivity contribution in [3.05, 3.63) is 111 Å². The fraction of sp³-hybridized carbons (Fsp3) is 0.276. The standard InChI is InChI=1S/C29H31BrN6/c1-22-8-6-9-23(2)27(22)36-29(31-32-33-36)28(25-13-15-26(30)16-14-25)35-20-18-34(19-21-35)17-7-12-24-10-4-3-5-11-24/h3-16,28H,17-21H2,1-2H3/b12-7+. The zero-order valence-electron chi connectivity index (χ0n) is 20.8. The molecule has 0 N–H and O–H groups in total. The van der Waals surface area contributed by atoms with Crippen LogP contribution >= 0.6 is 15.9 Å². The molecule has 6 nitrogen and oxygen atoms in total. The minimum absolute atomic E-state index is 0.0332. The van der Waals surface area contributed by atoms with E-state index in [0.29, 0.717) is 0 Å². The van der Waals surface area contributed by atoms with Crippen molar-refractivity contribution in [2.24, 2.45) is 0 Å². The monoisotopic (exact) mass is 542 g/mol. The molecule has 0 aliphatic carbocycles. The summed E-state index contributed by atoms with van der Waals surface area (Å²) in [6.45, 7) is 9.06. The highest BCUT2D eigenvalue weighted by molar-refractivity contribution is 9.10. The van der Waals surface area contributed by atoms with Gasteiger partial charge in [-0.25, -0.2) is 0 Å². The Balaban J connectivity index is 1.39. The van der Waals surface area contributed by atoms with E-state index in [9.17, 15) is 0 Å². The van der Waals surface area contributed by atoms with Crippen molar-refractivity contribution in [2.75, 3.05) is 32.7 Å². The zero-order valence-corrected chi connectivity index (χ0v) is 22.3. The average Bonchev–Trinajstić information content (AvgIpc) is 3.36. The lowest BCUT2D eigenvalue weighted by Gasteiger charge is -2.38. The van der Waals surface area contributed by atoms with Gasteiger partial charge in [0, 0.05) is 37.2 Å². The summed E-state index contributed by atoms with van der Waals surface area (Å²) in [5, 5.41) is 13.2. The van der Waals surface area contributed by atoms with Crippen LogP contribution in [0.4, 0.5) is 0 Å². The van der Waals surface area contributed by atoms with Crippen LogP contribution in [0.3, 0.4) is 0 Å². The molecule has 1 aliphatic heterocycles. The predicted octanol–water partition coefficient (Wildman–Crippen LogP) is 5.46. The zero-order chi connectivity index (χ0) is 24.9. The molecule has 5 rings (SSSR count). The number of nitrogens with zero attached hydrogens (tertiary/aromatic N) is 6. The van der Waals surface area contributed by atoms with Crippen molar-refractivity contribution in [2.45, 2.75) is 19.9 Å². The summed E-state index contributed by atoms with van der Waals surface area (Å²) in [6.07, 6.45) is 4.47. The van der Waals surface area contributed by atoms with Crippen LogP contribution in [0.2, 0.25) is 0 Å². The van der Waals surface area contributed by atoms with Gasteiger partial charge in [0.15, 0.2) is 5.82 Å². The lowest BCUT2D eigenvalue weighted by molar-refractivity contribution is 0.113. The van der Waals surface area contributed by atoms with Crippen LogP contribution in [0.15, 0.2) is 83.3 Å². The Hall–Kier alpha value is -3.13. The Bertz CT molecular complexity index is 1290. The second kappa shape index (κ2) is 11.3. The maximum atomic E-state index is 4.58. The maximum Gasteiger partial charge on any atom is 0.178 e. The van der Waals surface area contributed by atoms with Crippen molar-refractivity contribution < 1.29 is 0 Å². The van der Waals surface area contributed by atoms with Crippen LogP contribution in [0.1, 0.15) is 34.1 Å². The molecular formula is C29H31BrN6. The number of rotatable bonds is 7. The van der Waals surface area contributed by atoms with Gasteiger partial charge in [-0.15, -0.1) is 5.10 Å². The third-order valence-corrected chi connectivity index (χ3v) is 7.35. The Kier molecular flexibility index (Phi) is 7.70. The second-order valence-corrected chi connectivity index (χ2v) is 10.2. The molecule has 7 heteroatoms. The summed E-state index contributed by atoms with van der Waals surface area (Å²) in [5.41, 5.74) is 5.81. The smallest absolute Gasteiger partial charge is 0.178 e. The van der Waals surface area contributed by atoms with Gasteiger partial charge >= 0.3 is 0 Å². The van der Waals surface area contributed by atoms with Crippen LogP contribution in [-0.4, -0.2) is 62.7 Å². The molecule has 1 fully saturated rings. The summed E-state index contributed by atoms with van der Waals surface area (Å²) >= 11 is 3.59. The quantitative estimate of drug-likeness (QED) is 0.310. The Morgan fingerprint density at radius 1 is 0.861 bits per heavy atom. The number of hydrogen-bond donors (Lipinski definition) is 0. The van der Waals surface area contributed by atoms with Crippen LogP contribution in [0.25, 0.3) is 11.8 Å². The third kappa shape index (κ3) is 5.48. The molecule has 36 heavy (non-hydrogen) atoms. The van der Waals surface area contributed by atoms with Crippen molar-refractivity contribution in [1.29, 1.82) is 0 Å². The second-order valence-electron chi connectivity index (χ2n) is 9.29. The number of aryl methyl sites for hydroxylation is 2. The molecule has 0 saturated carbocycles. The van der Waals surface area contributed by atoms with E-state index >= 15 is 0 Å². The summed E-state index contributed by atoms with van der Waals surface area (Å²) in [7, 11) is 0. The minimum Gasteiger partial charge on any atom is -0.297 e. The van der Waals surface area contributed by atoms with Gasteiger partial charge in [0.2, 0.25) is 0 Å². The summed E-state index contributed by atoms with van der Waals surface area (Å²) in [6, 6.07) is 25.3. The van der Waals surface area contributed by atoms with Gasteiger partial charge in [0.1, 0.15) is 0 Å². The highest BCUT2D eigenvalue weighted by Crippen LogP contribution is 2.31. The molecule has 4 aromatic rings. The summed E-state index contributed by atoms with van der Waals surface area (Å²) in [4.78, 5) is 5.01. The van der Waals surface area contributed by atoms with E-state index in [1.807, 2.05) is 4.68 Å². The maximum absolute atomic E-state index is 4.58. The first-order valence-electron chi connectivity index (χ1n) is 12.4. The predicted molar refractivity (Wildman–Crippen MR) is 148 cm³/mol. The molecule has 1 atom stereocenters. The topological polar surface area (TPSA) is 50.1 Å². The van der Waals surface area contributed by atoms with Crippen molar-refractivity contribution >= 4 is 22.0 Å². The molecule has 0 bridgehead atoms. The molecule has 1 aromatic heterocycles. The first-order valence-corrected chi connectivity index (χ1v) is 13.2. The van der Waals surface area contributed by atoms with Gasteiger partial charge in [-0.05, 0) is 58.7 Å². The number of piperazine rings is 1. The van der Waals surface area contributed by atoms with E-state index in [-0.39, 0.29) is 6.04 Å². The molecule has 0 amide bonds. The fourth-order valence-electron chi connectivity index (χ4n) is 4.94. The first kappa shape index (κ1) is 24.6. The van der Waals surface area contributed by atoms with Crippen LogP contribution in [0.5, 0.6) is 0 Å². The Morgan fingerprint density at radius 3 is 2.25 bits per heavy atom. The van der Waals surface area contributed by atoms with Crippen LogP contribution < -0.4 is 0 Å². The number of para-hydroxylation sites is 1. The van der Waals surface area contributed by atoms with Crippen LogP contribution in [-0.2, 0) is 0 Å². The lowest BCUT2D eigenvalue weighted by atomic mass is 10.0. The van der Waals surface area contributed by atoms with E-state index in [1.54, 1.807) is 0 Å². The molecule has 1 saturated heterocycles. The lowest BCUT2D eigenvalue weighted by Crippen LogP contribution is -2.48.